The van der Waals surface area contributed by atoms with Crippen molar-refractivity contribution in [3.8, 4) is 0 Å². The summed E-state index contributed by atoms with van der Waals surface area (Å²) in [5, 5.41) is 2.97. The molecule has 0 radical (unpaired) electrons. The molecule has 1 N–H and O–H groups in total. The van der Waals surface area contributed by atoms with Crippen LogP contribution in [0.1, 0.15) is 37.0 Å². The normalized spacial score (nSPS) is 18.6. The zero-order valence-electron chi connectivity index (χ0n) is 17.1. The number of aryl methyl sites for hydroxylation is 1. The number of carbonyl (C=O) groups is 1. The molecule has 8 heteroatoms. The molecule has 1 heterocycles. The van der Waals surface area contributed by atoms with E-state index in [-0.39, 0.29) is 35.1 Å². The lowest BCUT2D eigenvalue weighted by atomic mass is 9.79. The van der Waals surface area contributed by atoms with E-state index in [0.29, 0.717) is 18.6 Å². The van der Waals surface area contributed by atoms with Gasteiger partial charge in [-0.15, -0.1) is 0 Å². The van der Waals surface area contributed by atoms with Crippen molar-refractivity contribution in [2.45, 2.75) is 45.3 Å². The molecule has 0 aromatic heterocycles. The van der Waals surface area contributed by atoms with Crippen LogP contribution in [-0.2, 0) is 16.8 Å². The van der Waals surface area contributed by atoms with E-state index in [9.17, 15) is 18.0 Å². The molecule has 1 atom stereocenters. The van der Waals surface area contributed by atoms with E-state index in [1.807, 2.05) is 32.9 Å². The van der Waals surface area contributed by atoms with Gasteiger partial charge in [0.25, 0.3) is 0 Å². The van der Waals surface area contributed by atoms with E-state index in [2.05, 4.69) is 5.32 Å². The molecule has 3 rings (SSSR count). The molecular weight excluding hydrogens is 436 g/mol. The molecule has 164 valence electrons. The summed E-state index contributed by atoms with van der Waals surface area (Å²) >= 11 is 12.0. The number of anilines is 1. The Labute approximate surface area is 185 Å². The van der Waals surface area contributed by atoms with Crippen molar-refractivity contribution in [3.05, 3.63) is 63.1 Å². The SMILES string of the molecule is CC.Cc1cc(N2CCC(c3cc(Cl)cc(Cl)c3)(C(F)(F)F)C2)ccc1CNC=O. The summed E-state index contributed by atoms with van der Waals surface area (Å²) in [5.74, 6) is 0. The maximum absolute atomic E-state index is 14.2. The zero-order valence-corrected chi connectivity index (χ0v) is 18.6. The van der Waals surface area contributed by atoms with Crippen molar-refractivity contribution in [2.24, 2.45) is 0 Å². The minimum absolute atomic E-state index is 0.0827. The van der Waals surface area contributed by atoms with Crippen LogP contribution in [0.2, 0.25) is 10.0 Å². The third-order valence-corrected chi connectivity index (χ3v) is 5.73. The van der Waals surface area contributed by atoms with Crippen LogP contribution in [0.5, 0.6) is 0 Å². The molecule has 30 heavy (non-hydrogen) atoms. The molecule has 1 amide bonds. The predicted octanol–water partition coefficient (Wildman–Crippen LogP) is 6.28. The van der Waals surface area contributed by atoms with Crippen LogP contribution in [0, 0.1) is 6.92 Å². The van der Waals surface area contributed by atoms with E-state index >= 15 is 0 Å². The van der Waals surface area contributed by atoms with Crippen molar-refractivity contribution >= 4 is 35.3 Å². The molecular formula is C22H25Cl2F3N2O. The van der Waals surface area contributed by atoms with Crippen molar-refractivity contribution in [1.29, 1.82) is 0 Å². The number of amides is 1. The van der Waals surface area contributed by atoms with E-state index in [4.69, 9.17) is 23.2 Å². The number of hydrogen-bond acceptors (Lipinski definition) is 2. The van der Waals surface area contributed by atoms with Gasteiger partial charge in [0.2, 0.25) is 6.41 Å². The molecule has 3 nitrogen and oxygen atoms in total. The van der Waals surface area contributed by atoms with Crippen LogP contribution in [0.25, 0.3) is 0 Å². The van der Waals surface area contributed by atoms with Gasteiger partial charge in [0, 0.05) is 35.4 Å². The van der Waals surface area contributed by atoms with Gasteiger partial charge in [-0.1, -0.05) is 43.1 Å². The first-order chi connectivity index (χ1) is 14.2. The summed E-state index contributed by atoms with van der Waals surface area (Å²) < 4.78 is 42.5. The lowest BCUT2D eigenvalue weighted by Crippen LogP contribution is -2.44. The van der Waals surface area contributed by atoms with Crippen LogP contribution in [0.3, 0.4) is 0 Å². The van der Waals surface area contributed by atoms with Gasteiger partial charge in [0.1, 0.15) is 5.41 Å². The van der Waals surface area contributed by atoms with Gasteiger partial charge in [0.05, 0.1) is 0 Å². The highest BCUT2D eigenvalue weighted by Crippen LogP contribution is 2.49. The van der Waals surface area contributed by atoms with Gasteiger partial charge in [-0.25, -0.2) is 0 Å². The maximum Gasteiger partial charge on any atom is 0.400 e. The van der Waals surface area contributed by atoms with Crippen LogP contribution >= 0.6 is 23.2 Å². The van der Waals surface area contributed by atoms with Crippen molar-refractivity contribution in [2.75, 3.05) is 18.0 Å². The Bertz CT molecular complexity index is 869. The quantitative estimate of drug-likeness (QED) is 0.532. The Morgan fingerprint density at radius 1 is 1.13 bits per heavy atom. The number of alkyl halides is 3. The predicted molar refractivity (Wildman–Crippen MR) is 116 cm³/mol. The van der Waals surface area contributed by atoms with Gasteiger partial charge < -0.3 is 10.2 Å². The molecule has 1 aliphatic rings. The monoisotopic (exact) mass is 460 g/mol. The van der Waals surface area contributed by atoms with E-state index in [1.54, 1.807) is 11.0 Å². The highest BCUT2D eigenvalue weighted by atomic mass is 35.5. The number of nitrogens with one attached hydrogen (secondary N) is 1. The Balaban J connectivity index is 0.00000155. The zero-order chi connectivity index (χ0) is 22.5. The number of nitrogens with zero attached hydrogens (tertiary/aromatic N) is 1. The average molecular weight is 461 g/mol. The lowest BCUT2D eigenvalue weighted by Gasteiger charge is -2.33. The van der Waals surface area contributed by atoms with Gasteiger partial charge in [-0.3, -0.25) is 4.79 Å². The highest BCUT2D eigenvalue weighted by molar-refractivity contribution is 6.34. The van der Waals surface area contributed by atoms with E-state index in [0.717, 1.165) is 11.1 Å². The number of rotatable bonds is 5. The summed E-state index contributed by atoms with van der Waals surface area (Å²) in [6, 6.07) is 9.59. The first-order valence-corrected chi connectivity index (χ1v) is 10.5. The Morgan fingerprint density at radius 2 is 1.77 bits per heavy atom. The smallest absolute Gasteiger partial charge is 0.370 e. The first-order valence-electron chi connectivity index (χ1n) is 9.71. The molecule has 2 aromatic rings. The van der Waals surface area contributed by atoms with Crippen LogP contribution < -0.4 is 10.2 Å². The summed E-state index contributed by atoms with van der Waals surface area (Å²) in [6.07, 6.45) is -3.92. The average Bonchev–Trinajstić information content (AvgIpc) is 3.15. The Morgan fingerprint density at radius 3 is 2.30 bits per heavy atom. The molecule has 1 saturated heterocycles. The minimum Gasteiger partial charge on any atom is -0.370 e. The van der Waals surface area contributed by atoms with Crippen molar-refractivity contribution < 1.29 is 18.0 Å². The maximum atomic E-state index is 14.2. The van der Waals surface area contributed by atoms with Gasteiger partial charge >= 0.3 is 6.18 Å². The summed E-state index contributed by atoms with van der Waals surface area (Å²) in [6.45, 7) is 6.30. The van der Waals surface area contributed by atoms with Crippen LogP contribution in [-0.4, -0.2) is 25.7 Å². The standard InChI is InChI=1S/C20H19Cl2F3N2O.C2H6/c1-13-6-18(3-2-14(13)10-26-12-28)27-5-4-19(11-27,20(23,24)25)15-7-16(21)9-17(22)8-15;1-2/h2-3,6-9,12H,4-5,10-11H2,1H3,(H,26,28);1-2H3. The summed E-state index contributed by atoms with van der Waals surface area (Å²) in [4.78, 5) is 12.2. The van der Waals surface area contributed by atoms with Gasteiger partial charge in [0.15, 0.2) is 0 Å². The molecule has 0 aliphatic carbocycles. The van der Waals surface area contributed by atoms with Gasteiger partial charge in [-0.05, 0) is 60.4 Å². The van der Waals surface area contributed by atoms with E-state index < -0.39 is 11.6 Å². The number of benzene rings is 2. The fraction of sp³-hybridized carbons (Fsp3) is 0.409. The lowest BCUT2D eigenvalue weighted by molar-refractivity contribution is -0.184. The summed E-state index contributed by atoms with van der Waals surface area (Å²) in [5.41, 5.74) is 0.587. The van der Waals surface area contributed by atoms with E-state index in [1.165, 1.54) is 18.2 Å². The molecule has 0 bridgehead atoms. The first kappa shape index (κ1) is 24.4. The third-order valence-electron chi connectivity index (χ3n) is 5.29. The van der Waals surface area contributed by atoms with Crippen molar-refractivity contribution in [3.63, 3.8) is 0 Å². The second-order valence-corrected chi connectivity index (χ2v) is 7.89. The summed E-state index contributed by atoms with van der Waals surface area (Å²) in [7, 11) is 0. The topological polar surface area (TPSA) is 32.3 Å². The fourth-order valence-corrected chi connectivity index (χ4v) is 4.24. The number of halogens is 5. The highest BCUT2D eigenvalue weighted by Gasteiger charge is 2.59. The Kier molecular flexibility index (Phi) is 8.06. The Hall–Kier alpha value is -1.92. The molecule has 1 aliphatic heterocycles. The third kappa shape index (κ3) is 5.03. The van der Waals surface area contributed by atoms with Gasteiger partial charge in [-0.2, -0.15) is 13.2 Å². The molecule has 0 spiro atoms. The van der Waals surface area contributed by atoms with Crippen molar-refractivity contribution in [1.82, 2.24) is 5.32 Å². The largest absolute Gasteiger partial charge is 0.400 e. The van der Waals surface area contributed by atoms with Crippen LogP contribution in [0.15, 0.2) is 36.4 Å². The molecule has 2 aromatic carbocycles. The molecule has 1 fully saturated rings. The second kappa shape index (κ2) is 9.92. The molecule has 1 unspecified atom stereocenters. The second-order valence-electron chi connectivity index (χ2n) is 7.02. The molecule has 0 saturated carbocycles. The van der Waals surface area contributed by atoms with Crippen LogP contribution in [0.4, 0.5) is 18.9 Å². The number of hydrogen-bond donors (Lipinski definition) is 1. The fourth-order valence-electron chi connectivity index (χ4n) is 3.72. The number of carbonyl (C=O) groups excluding carboxylic acids is 1. The minimum atomic E-state index is -4.45.